The van der Waals surface area contributed by atoms with E-state index in [-0.39, 0.29) is 0 Å². The van der Waals surface area contributed by atoms with E-state index in [1.54, 1.807) is 0 Å². The summed E-state index contributed by atoms with van der Waals surface area (Å²) in [6.45, 7) is 2.82. The molecule has 114 valence electrons. The lowest BCUT2D eigenvalue weighted by atomic mass is 9.85. The molecule has 0 aromatic rings. The summed E-state index contributed by atoms with van der Waals surface area (Å²) < 4.78 is 16.3. The highest BCUT2D eigenvalue weighted by atomic mass is 16.7. The molecule has 0 amide bonds. The Kier molecular flexibility index (Phi) is 3.14. The number of carbonyl (C=O) groups excluding carboxylic acids is 3. The number of ketones is 1. The van der Waals surface area contributed by atoms with Crippen LogP contribution in [0.3, 0.4) is 0 Å². The average Bonchev–Trinajstić information content (AvgIpc) is 2.63. The number of hydrogen-bond donors (Lipinski definition) is 0. The molecule has 0 saturated carbocycles. The summed E-state index contributed by atoms with van der Waals surface area (Å²) in [5, 5.41) is 0. The molecule has 2 unspecified atom stereocenters. The molecule has 2 atom stereocenters. The number of ether oxygens (including phenoxy) is 3. The molecule has 2 bridgehead atoms. The van der Waals surface area contributed by atoms with Crippen molar-refractivity contribution in [1.82, 2.24) is 4.90 Å². The topological polar surface area (TPSA) is 82.1 Å². The van der Waals surface area contributed by atoms with E-state index in [4.69, 9.17) is 14.2 Å². The summed E-state index contributed by atoms with van der Waals surface area (Å²) >= 11 is 0. The van der Waals surface area contributed by atoms with E-state index in [9.17, 15) is 14.4 Å². The van der Waals surface area contributed by atoms with Gasteiger partial charge in [0.2, 0.25) is 5.78 Å². The lowest BCUT2D eigenvalue weighted by Crippen LogP contribution is -2.51. The van der Waals surface area contributed by atoms with E-state index in [1.165, 1.54) is 6.92 Å². The quantitative estimate of drug-likeness (QED) is 0.572. The number of hydrogen-bond acceptors (Lipinski definition) is 7. The molecule has 3 rings (SSSR count). The summed E-state index contributed by atoms with van der Waals surface area (Å²) in [4.78, 5) is 38.0. The molecule has 0 aromatic heterocycles. The zero-order valence-corrected chi connectivity index (χ0v) is 12.0. The molecule has 0 aliphatic carbocycles. The van der Waals surface area contributed by atoms with E-state index in [2.05, 4.69) is 4.90 Å². The van der Waals surface area contributed by atoms with Crippen LogP contribution in [0.5, 0.6) is 0 Å². The Morgan fingerprint density at radius 2 is 1.76 bits per heavy atom. The Morgan fingerprint density at radius 1 is 1.14 bits per heavy atom. The highest BCUT2D eigenvalue weighted by molar-refractivity contribution is 6.00. The van der Waals surface area contributed by atoms with Crippen molar-refractivity contribution in [3.63, 3.8) is 0 Å². The SMILES string of the molecule is CN1CCC2(CC1)OC1(C)OC(=O)/C=C\C(=O)OC2C1=O. The zero-order valence-electron chi connectivity index (χ0n) is 12.0. The second-order valence-corrected chi connectivity index (χ2v) is 5.85. The third-order valence-corrected chi connectivity index (χ3v) is 4.28. The fourth-order valence-corrected chi connectivity index (χ4v) is 3.08. The minimum Gasteiger partial charge on any atom is -0.448 e. The van der Waals surface area contributed by atoms with Crippen molar-refractivity contribution >= 4 is 17.7 Å². The fraction of sp³-hybridized carbons (Fsp3) is 0.643. The van der Waals surface area contributed by atoms with Crippen molar-refractivity contribution in [2.45, 2.75) is 37.3 Å². The van der Waals surface area contributed by atoms with Gasteiger partial charge in [-0.25, -0.2) is 9.59 Å². The molecule has 3 heterocycles. The molecule has 3 aliphatic rings. The van der Waals surface area contributed by atoms with Gasteiger partial charge in [-0.05, 0) is 19.9 Å². The van der Waals surface area contributed by atoms with Crippen LogP contribution in [0.15, 0.2) is 12.2 Å². The van der Waals surface area contributed by atoms with Crippen LogP contribution >= 0.6 is 0 Å². The second kappa shape index (κ2) is 4.64. The number of Topliss-reactive ketones (excluding diaryl/α,β-unsaturated/α-hetero) is 1. The van der Waals surface area contributed by atoms with E-state index < -0.39 is 35.2 Å². The summed E-state index contributed by atoms with van der Waals surface area (Å²) in [5.41, 5.74) is -0.917. The van der Waals surface area contributed by atoms with E-state index >= 15 is 0 Å². The number of likely N-dealkylation sites (tertiary alicyclic amines) is 1. The third kappa shape index (κ3) is 2.26. The van der Waals surface area contributed by atoms with E-state index in [1.807, 2.05) is 7.05 Å². The molecule has 0 N–H and O–H groups in total. The maximum atomic E-state index is 12.6. The normalized spacial score (nSPS) is 37.4. The van der Waals surface area contributed by atoms with Crippen molar-refractivity contribution < 1.29 is 28.6 Å². The predicted molar refractivity (Wildman–Crippen MR) is 69.1 cm³/mol. The largest absolute Gasteiger partial charge is 0.448 e. The van der Waals surface area contributed by atoms with Gasteiger partial charge in [-0.3, -0.25) is 4.79 Å². The van der Waals surface area contributed by atoms with Gasteiger partial charge >= 0.3 is 11.9 Å². The number of esters is 2. The second-order valence-electron chi connectivity index (χ2n) is 5.85. The first-order valence-electron chi connectivity index (χ1n) is 6.89. The number of carbonyl (C=O) groups is 3. The Balaban J connectivity index is 1.99. The maximum absolute atomic E-state index is 12.6. The van der Waals surface area contributed by atoms with Gasteiger partial charge < -0.3 is 19.1 Å². The minimum absolute atomic E-state index is 0.516. The molecule has 0 aromatic carbocycles. The van der Waals surface area contributed by atoms with Crippen molar-refractivity contribution in [3.8, 4) is 0 Å². The number of nitrogens with zero attached hydrogens (tertiary/aromatic N) is 1. The predicted octanol–water partition coefficient (Wildman–Crippen LogP) is -0.209. The van der Waals surface area contributed by atoms with Crippen LogP contribution in [0, 0.1) is 0 Å². The highest BCUT2D eigenvalue weighted by Gasteiger charge is 2.65. The molecule has 7 heteroatoms. The van der Waals surface area contributed by atoms with Crippen molar-refractivity contribution in [1.29, 1.82) is 0 Å². The molecule has 7 nitrogen and oxygen atoms in total. The average molecular weight is 295 g/mol. The molecular formula is C14H17NO6. The zero-order chi connectivity index (χ0) is 15.3. The van der Waals surface area contributed by atoms with Crippen LogP contribution in [0.2, 0.25) is 0 Å². The summed E-state index contributed by atoms with van der Waals surface area (Å²) in [6, 6.07) is 0. The fourth-order valence-electron chi connectivity index (χ4n) is 3.08. The number of piperidine rings is 1. The van der Waals surface area contributed by atoms with Gasteiger partial charge in [-0.2, -0.15) is 0 Å². The van der Waals surface area contributed by atoms with Crippen LogP contribution in [0.4, 0.5) is 0 Å². The lowest BCUT2D eigenvalue weighted by molar-refractivity contribution is -0.240. The number of fused-ring (bicyclic) bond motifs is 3. The van der Waals surface area contributed by atoms with Gasteiger partial charge in [0.1, 0.15) is 5.60 Å². The summed E-state index contributed by atoms with van der Waals surface area (Å²) in [7, 11) is 1.97. The number of rotatable bonds is 0. The van der Waals surface area contributed by atoms with Crippen molar-refractivity contribution in [2.75, 3.05) is 20.1 Å². The van der Waals surface area contributed by atoms with Crippen molar-refractivity contribution in [3.05, 3.63) is 12.2 Å². The van der Waals surface area contributed by atoms with E-state index in [0.717, 1.165) is 12.2 Å². The minimum atomic E-state index is -1.70. The van der Waals surface area contributed by atoms with Gasteiger partial charge in [0.05, 0.1) is 0 Å². The molecule has 0 radical (unpaired) electrons. The first-order chi connectivity index (χ1) is 9.85. The molecule has 3 aliphatic heterocycles. The van der Waals surface area contributed by atoms with Crippen LogP contribution in [0.1, 0.15) is 19.8 Å². The van der Waals surface area contributed by atoms with Gasteiger partial charge in [0.15, 0.2) is 6.10 Å². The molecule has 2 saturated heterocycles. The van der Waals surface area contributed by atoms with Crippen LogP contribution in [-0.4, -0.2) is 60.3 Å². The van der Waals surface area contributed by atoms with Crippen LogP contribution in [-0.2, 0) is 28.6 Å². The first-order valence-corrected chi connectivity index (χ1v) is 6.89. The van der Waals surface area contributed by atoms with Gasteiger partial charge in [0, 0.05) is 32.2 Å². The monoisotopic (exact) mass is 295 g/mol. The van der Waals surface area contributed by atoms with E-state index in [0.29, 0.717) is 25.9 Å². The standard InChI is InChI=1S/C14H17NO6/c1-13-11(18)12(19-9(16)3-4-10(17)20-13)14(21-13)5-7-15(2)8-6-14/h3-4,12H,5-8H2,1-2H3/b4-3-. The smallest absolute Gasteiger partial charge is 0.333 e. The maximum Gasteiger partial charge on any atom is 0.333 e. The Hall–Kier alpha value is -1.73. The van der Waals surface area contributed by atoms with Gasteiger partial charge in [-0.1, -0.05) is 0 Å². The Bertz CT molecular complexity index is 534. The Labute approximate surface area is 121 Å². The molecule has 21 heavy (non-hydrogen) atoms. The molecule has 2 fully saturated rings. The highest BCUT2D eigenvalue weighted by Crippen LogP contribution is 2.44. The molecule has 1 spiro atoms. The van der Waals surface area contributed by atoms with Gasteiger partial charge in [0.25, 0.3) is 5.79 Å². The van der Waals surface area contributed by atoms with Gasteiger partial charge in [-0.15, -0.1) is 0 Å². The van der Waals surface area contributed by atoms with Crippen molar-refractivity contribution in [2.24, 2.45) is 0 Å². The van der Waals surface area contributed by atoms with Crippen LogP contribution in [0.25, 0.3) is 0 Å². The molecular weight excluding hydrogens is 278 g/mol. The Morgan fingerprint density at radius 3 is 2.43 bits per heavy atom. The summed E-state index contributed by atoms with van der Waals surface area (Å²) in [6.07, 6.45) is 1.93. The first kappa shape index (κ1) is 14.2. The summed E-state index contributed by atoms with van der Waals surface area (Å²) in [5.74, 6) is -3.75. The third-order valence-electron chi connectivity index (χ3n) is 4.28. The lowest BCUT2D eigenvalue weighted by Gasteiger charge is -2.40. The van der Waals surface area contributed by atoms with Crippen LogP contribution < -0.4 is 0 Å².